The second-order valence-electron chi connectivity index (χ2n) is 3.10. The normalized spacial score (nSPS) is 17.2. The molecule has 0 amide bonds. The highest BCUT2D eigenvalue weighted by atomic mass is 16.5. The van der Waals surface area contributed by atoms with Crippen molar-refractivity contribution >= 4 is 5.97 Å². The minimum absolute atomic E-state index is 0.0445. The number of esters is 1. The van der Waals surface area contributed by atoms with Crippen molar-refractivity contribution in [3.63, 3.8) is 0 Å². The minimum Gasteiger partial charge on any atom is -0.462 e. The number of hydrogen-bond acceptors (Lipinski definition) is 2. The summed E-state index contributed by atoms with van der Waals surface area (Å²) in [5.41, 5.74) is 0. The fourth-order valence-electron chi connectivity index (χ4n) is 1.45. The topological polar surface area (TPSA) is 26.3 Å². The standard InChI is InChI=1S/C9H16O2.C2H6/c1-2-9(10)11-8-6-4-3-5-7-8;1-2/h8H,2-7H2,1H3;1-2H3. The number of hydrogen-bond donors (Lipinski definition) is 0. The van der Waals surface area contributed by atoms with Crippen molar-refractivity contribution in [1.82, 2.24) is 0 Å². The molecule has 0 bridgehead atoms. The van der Waals surface area contributed by atoms with Gasteiger partial charge in [-0.2, -0.15) is 0 Å². The summed E-state index contributed by atoms with van der Waals surface area (Å²) < 4.78 is 5.20. The molecule has 0 unspecified atom stereocenters. The lowest BCUT2D eigenvalue weighted by atomic mass is 9.98. The summed E-state index contributed by atoms with van der Waals surface area (Å²) in [6.45, 7) is 5.84. The Bertz CT molecular complexity index is 126. The number of carbonyl (C=O) groups excluding carboxylic acids is 1. The van der Waals surface area contributed by atoms with Gasteiger partial charge in [0.05, 0.1) is 0 Å². The summed E-state index contributed by atoms with van der Waals surface area (Å²) >= 11 is 0. The smallest absolute Gasteiger partial charge is 0.305 e. The highest BCUT2D eigenvalue weighted by Gasteiger charge is 2.16. The Balaban J connectivity index is 0.000000671. The van der Waals surface area contributed by atoms with E-state index in [1.165, 1.54) is 19.3 Å². The van der Waals surface area contributed by atoms with E-state index in [1.54, 1.807) is 0 Å². The van der Waals surface area contributed by atoms with Crippen LogP contribution in [0, 0.1) is 0 Å². The largest absolute Gasteiger partial charge is 0.462 e. The molecule has 0 atom stereocenters. The molecule has 1 fully saturated rings. The Kier molecular flexibility index (Phi) is 7.76. The molecule has 0 aromatic heterocycles. The summed E-state index contributed by atoms with van der Waals surface area (Å²) in [7, 11) is 0. The van der Waals surface area contributed by atoms with E-state index >= 15 is 0 Å². The average molecular weight is 186 g/mol. The first kappa shape index (κ1) is 12.5. The van der Waals surface area contributed by atoms with Crippen molar-refractivity contribution in [3.8, 4) is 0 Å². The summed E-state index contributed by atoms with van der Waals surface area (Å²) in [4.78, 5) is 10.9. The van der Waals surface area contributed by atoms with Crippen molar-refractivity contribution < 1.29 is 9.53 Å². The van der Waals surface area contributed by atoms with Gasteiger partial charge in [-0.3, -0.25) is 4.79 Å². The first-order valence-corrected chi connectivity index (χ1v) is 5.52. The Morgan fingerprint density at radius 3 is 2.23 bits per heavy atom. The molecule has 0 saturated heterocycles. The highest BCUT2D eigenvalue weighted by molar-refractivity contribution is 5.69. The van der Waals surface area contributed by atoms with Crippen LogP contribution in [0.25, 0.3) is 0 Å². The van der Waals surface area contributed by atoms with Crippen molar-refractivity contribution in [3.05, 3.63) is 0 Å². The third kappa shape index (κ3) is 5.67. The molecule has 1 saturated carbocycles. The molecular formula is C11H22O2. The molecule has 0 aromatic carbocycles. The Morgan fingerprint density at radius 2 is 1.77 bits per heavy atom. The Hall–Kier alpha value is -0.530. The molecule has 1 aliphatic rings. The second-order valence-corrected chi connectivity index (χ2v) is 3.10. The molecular weight excluding hydrogens is 164 g/mol. The van der Waals surface area contributed by atoms with E-state index in [9.17, 15) is 4.79 Å². The van der Waals surface area contributed by atoms with Crippen LogP contribution in [0.5, 0.6) is 0 Å². The van der Waals surface area contributed by atoms with E-state index < -0.39 is 0 Å². The van der Waals surface area contributed by atoms with Gasteiger partial charge in [0.1, 0.15) is 6.10 Å². The van der Waals surface area contributed by atoms with Gasteiger partial charge in [0.25, 0.3) is 0 Å². The van der Waals surface area contributed by atoms with Crippen LogP contribution in [0.2, 0.25) is 0 Å². The summed E-state index contributed by atoms with van der Waals surface area (Å²) in [6.07, 6.45) is 6.65. The Labute approximate surface area is 81.7 Å². The SMILES string of the molecule is CC.CCC(=O)OC1CCCCC1. The van der Waals surface area contributed by atoms with E-state index in [0.29, 0.717) is 6.42 Å². The van der Waals surface area contributed by atoms with Crippen LogP contribution in [0.3, 0.4) is 0 Å². The van der Waals surface area contributed by atoms with E-state index in [0.717, 1.165) is 12.8 Å². The van der Waals surface area contributed by atoms with Crippen LogP contribution in [-0.2, 0) is 9.53 Å². The van der Waals surface area contributed by atoms with Crippen molar-refractivity contribution in [1.29, 1.82) is 0 Å². The minimum atomic E-state index is -0.0445. The Morgan fingerprint density at radius 1 is 1.23 bits per heavy atom. The van der Waals surface area contributed by atoms with Gasteiger partial charge in [-0.05, 0) is 25.7 Å². The van der Waals surface area contributed by atoms with Gasteiger partial charge in [0.2, 0.25) is 0 Å². The lowest BCUT2D eigenvalue weighted by Gasteiger charge is -2.21. The van der Waals surface area contributed by atoms with E-state index in [2.05, 4.69) is 0 Å². The zero-order valence-electron chi connectivity index (χ0n) is 9.14. The molecule has 1 rings (SSSR count). The van der Waals surface area contributed by atoms with Crippen LogP contribution in [0.1, 0.15) is 59.3 Å². The number of carbonyl (C=O) groups is 1. The third-order valence-electron chi connectivity index (χ3n) is 2.14. The van der Waals surface area contributed by atoms with Crippen LogP contribution in [0.15, 0.2) is 0 Å². The van der Waals surface area contributed by atoms with Crippen LogP contribution >= 0.6 is 0 Å². The molecule has 0 aliphatic heterocycles. The van der Waals surface area contributed by atoms with Gasteiger partial charge < -0.3 is 4.74 Å². The average Bonchev–Trinajstić information content (AvgIpc) is 2.22. The fourth-order valence-corrected chi connectivity index (χ4v) is 1.45. The van der Waals surface area contributed by atoms with Gasteiger partial charge in [-0.15, -0.1) is 0 Å². The maximum absolute atomic E-state index is 10.9. The summed E-state index contributed by atoms with van der Waals surface area (Å²) in [5, 5.41) is 0. The van der Waals surface area contributed by atoms with Gasteiger partial charge in [0, 0.05) is 6.42 Å². The van der Waals surface area contributed by atoms with Crippen molar-refractivity contribution in [2.24, 2.45) is 0 Å². The monoisotopic (exact) mass is 186 g/mol. The molecule has 0 aromatic rings. The van der Waals surface area contributed by atoms with E-state index in [4.69, 9.17) is 4.74 Å². The van der Waals surface area contributed by atoms with E-state index in [1.807, 2.05) is 20.8 Å². The molecule has 2 heteroatoms. The van der Waals surface area contributed by atoms with Crippen LogP contribution < -0.4 is 0 Å². The van der Waals surface area contributed by atoms with Crippen molar-refractivity contribution in [2.75, 3.05) is 0 Å². The second kappa shape index (κ2) is 8.09. The van der Waals surface area contributed by atoms with Gasteiger partial charge in [-0.1, -0.05) is 27.2 Å². The molecule has 2 nitrogen and oxygen atoms in total. The highest BCUT2D eigenvalue weighted by Crippen LogP contribution is 2.20. The lowest BCUT2D eigenvalue weighted by molar-refractivity contribution is -0.150. The van der Waals surface area contributed by atoms with Gasteiger partial charge in [-0.25, -0.2) is 0 Å². The molecule has 78 valence electrons. The third-order valence-corrected chi connectivity index (χ3v) is 2.14. The summed E-state index contributed by atoms with van der Waals surface area (Å²) in [5.74, 6) is -0.0445. The zero-order valence-corrected chi connectivity index (χ0v) is 9.14. The molecule has 1 aliphatic carbocycles. The zero-order chi connectivity index (χ0) is 10.1. The molecule has 0 N–H and O–H groups in total. The number of rotatable bonds is 2. The first-order chi connectivity index (χ1) is 6.33. The summed E-state index contributed by atoms with van der Waals surface area (Å²) in [6, 6.07) is 0. The number of ether oxygens (including phenoxy) is 1. The lowest BCUT2D eigenvalue weighted by Crippen LogP contribution is -2.20. The van der Waals surface area contributed by atoms with Crippen LogP contribution in [-0.4, -0.2) is 12.1 Å². The van der Waals surface area contributed by atoms with Crippen LogP contribution in [0.4, 0.5) is 0 Å². The molecule has 13 heavy (non-hydrogen) atoms. The van der Waals surface area contributed by atoms with Gasteiger partial charge >= 0.3 is 5.97 Å². The molecule has 0 spiro atoms. The first-order valence-electron chi connectivity index (χ1n) is 5.52. The molecule has 0 radical (unpaired) electrons. The molecule has 0 heterocycles. The predicted molar refractivity (Wildman–Crippen MR) is 54.6 cm³/mol. The van der Waals surface area contributed by atoms with Crippen molar-refractivity contribution in [2.45, 2.75) is 65.4 Å². The van der Waals surface area contributed by atoms with E-state index in [-0.39, 0.29) is 12.1 Å². The maximum Gasteiger partial charge on any atom is 0.305 e. The fraction of sp³-hybridized carbons (Fsp3) is 0.909. The van der Waals surface area contributed by atoms with Gasteiger partial charge in [0.15, 0.2) is 0 Å². The quantitative estimate of drug-likeness (QED) is 0.618. The maximum atomic E-state index is 10.9. The predicted octanol–water partition coefficient (Wildman–Crippen LogP) is 3.30.